The smallest absolute Gasteiger partial charge is 0.0734 e. The maximum absolute atomic E-state index is 11.2. The van der Waals surface area contributed by atoms with Gasteiger partial charge in [0, 0.05) is 6.20 Å². The number of para-hydroxylation sites is 1. The Morgan fingerprint density at radius 1 is 1.05 bits per heavy atom. The van der Waals surface area contributed by atoms with Gasteiger partial charge < -0.3 is 10.4 Å². The van der Waals surface area contributed by atoms with Gasteiger partial charge >= 0.3 is 0 Å². The minimum absolute atomic E-state index is 0.116. The molecule has 1 N–H and O–H groups in total. The van der Waals surface area contributed by atoms with Crippen molar-refractivity contribution in [1.29, 1.82) is 0 Å². The second kappa shape index (κ2) is 6.47. The zero-order valence-corrected chi connectivity index (χ0v) is 13.0. The quantitative estimate of drug-likeness (QED) is 0.626. The van der Waals surface area contributed by atoms with E-state index in [4.69, 9.17) is 5.21 Å². The van der Waals surface area contributed by atoms with Crippen molar-refractivity contribution in [1.82, 2.24) is 4.98 Å². The van der Waals surface area contributed by atoms with Gasteiger partial charge in [-0.25, -0.2) is 0 Å². The largest absolute Gasteiger partial charge is 0.733 e. The van der Waals surface area contributed by atoms with Crippen molar-refractivity contribution in [2.24, 2.45) is 0 Å². The van der Waals surface area contributed by atoms with Crippen LogP contribution in [-0.4, -0.2) is 10.2 Å². The summed E-state index contributed by atoms with van der Waals surface area (Å²) in [7, 11) is 0. The van der Waals surface area contributed by atoms with Gasteiger partial charge in [-0.1, -0.05) is 56.1 Å². The van der Waals surface area contributed by atoms with Crippen molar-refractivity contribution in [2.45, 2.75) is 9.65 Å². The fourth-order valence-corrected chi connectivity index (χ4v) is 2.96. The predicted octanol–water partition coefficient (Wildman–Crippen LogP) is 4.35. The highest BCUT2D eigenvalue weighted by Gasteiger charge is 2.23. The highest BCUT2D eigenvalue weighted by molar-refractivity contribution is 9.12. The van der Waals surface area contributed by atoms with Crippen LogP contribution in [0.5, 0.6) is 0 Å². The molecule has 0 aliphatic rings. The number of anilines is 1. The summed E-state index contributed by atoms with van der Waals surface area (Å²) in [6.45, 7) is 0. The molecular weight excluding hydrogens is 376 g/mol. The van der Waals surface area contributed by atoms with Crippen LogP contribution in [0.4, 0.5) is 5.69 Å². The summed E-state index contributed by atoms with van der Waals surface area (Å²) in [6, 6.07) is 12.5. The second-order valence-corrected chi connectivity index (χ2v) is 5.86. The van der Waals surface area contributed by atoms with Crippen molar-refractivity contribution in [3.63, 3.8) is 0 Å². The minimum atomic E-state index is -0.192. The van der Waals surface area contributed by atoms with E-state index in [1.807, 2.05) is 24.3 Å². The lowest BCUT2D eigenvalue weighted by Crippen LogP contribution is -2.12. The summed E-state index contributed by atoms with van der Waals surface area (Å²) in [6.07, 6.45) is 1.71. The first-order valence-corrected chi connectivity index (χ1v) is 7.38. The Balaban J connectivity index is 2.32. The molecule has 0 amide bonds. The molecule has 0 bridgehead atoms. The first-order chi connectivity index (χ1) is 9.11. The lowest BCUT2D eigenvalue weighted by atomic mass is 10.1. The van der Waals surface area contributed by atoms with Gasteiger partial charge in [-0.15, -0.1) is 0 Å². The molecule has 2 atom stereocenters. The Kier molecular flexibility index (Phi) is 4.93. The Morgan fingerprint density at radius 3 is 2.37 bits per heavy atom. The Morgan fingerprint density at radius 2 is 1.74 bits per heavy atom. The number of rotatable bonds is 4. The van der Waals surface area contributed by atoms with Gasteiger partial charge in [0.2, 0.25) is 0 Å². The van der Waals surface area contributed by atoms with E-state index in [0.29, 0.717) is 5.56 Å². The van der Waals surface area contributed by atoms with Gasteiger partial charge in [-0.2, -0.15) is 0 Å². The Bertz CT molecular complexity index is 537. The van der Waals surface area contributed by atoms with Crippen molar-refractivity contribution in [3.8, 4) is 0 Å². The predicted molar refractivity (Wildman–Crippen MR) is 81.6 cm³/mol. The SMILES string of the molecule is [O-]N(O)c1ccccc1[C@H](Br)[C@@H](Br)c1ccccn1. The highest BCUT2D eigenvalue weighted by atomic mass is 79.9. The van der Waals surface area contributed by atoms with Crippen molar-refractivity contribution >= 4 is 37.5 Å². The van der Waals surface area contributed by atoms with E-state index in [2.05, 4.69) is 36.8 Å². The molecule has 100 valence electrons. The number of alkyl halides is 2. The number of hydrogen-bond donors (Lipinski definition) is 1. The van der Waals surface area contributed by atoms with E-state index >= 15 is 0 Å². The van der Waals surface area contributed by atoms with Crippen LogP contribution in [0, 0.1) is 5.21 Å². The van der Waals surface area contributed by atoms with E-state index in [-0.39, 0.29) is 20.6 Å². The number of halogens is 2. The number of aromatic nitrogens is 1. The van der Waals surface area contributed by atoms with Gasteiger partial charge in [0.1, 0.15) is 0 Å². The average molecular weight is 387 g/mol. The molecule has 0 saturated carbocycles. The van der Waals surface area contributed by atoms with Crippen LogP contribution in [-0.2, 0) is 0 Å². The monoisotopic (exact) mass is 385 g/mol. The van der Waals surface area contributed by atoms with Gasteiger partial charge in [-0.3, -0.25) is 10.2 Å². The lowest BCUT2D eigenvalue weighted by Gasteiger charge is -2.27. The van der Waals surface area contributed by atoms with Crippen LogP contribution in [0.1, 0.15) is 20.9 Å². The summed E-state index contributed by atoms with van der Waals surface area (Å²) in [5.74, 6) is 0. The maximum atomic E-state index is 11.2. The number of nitrogens with zero attached hydrogens (tertiary/aromatic N) is 2. The molecule has 0 radical (unpaired) electrons. The summed E-state index contributed by atoms with van der Waals surface area (Å²) >= 11 is 7.10. The standard InChI is InChI=1S/C13H11Br2N2O2/c14-12(13(15)10-6-3-4-8-16-10)9-5-1-2-7-11(9)17(18)19/h1-8,12-13,18H/q-1/t12-,13-/m0/s1. The normalized spacial score (nSPS) is 13.9. The molecule has 19 heavy (non-hydrogen) atoms. The third-order valence-electron chi connectivity index (χ3n) is 2.67. The van der Waals surface area contributed by atoms with Crippen LogP contribution < -0.4 is 5.23 Å². The molecule has 2 aromatic rings. The number of benzene rings is 1. The van der Waals surface area contributed by atoms with Gasteiger partial charge in [0.05, 0.1) is 21.0 Å². The molecule has 0 saturated heterocycles. The molecule has 1 aromatic carbocycles. The van der Waals surface area contributed by atoms with E-state index in [1.165, 1.54) is 0 Å². The summed E-state index contributed by atoms with van der Waals surface area (Å²) in [4.78, 5) is 3.96. The van der Waals surface area contributed by atoms with E-state index in [1.54, 1.807) is 24.4 Å². The molecule has 1 aromatic heterocycles. The molecule has 2 rings (SSSR count). The zero-order chi connectivity index (χ0) is 13.8. The summed E-state index contributed by atoms with van der Waals surface area (Å²) in [5, 5.41) is 20.2. The van der Waals surface area contributed by atoms with Crippen molar-refractivity contribution < 1.29 is 5.21 Å². The summed E-state index contributed by atoms with van der Waals surface area (Å²) < 4.78 is 0. The molecule has 0 aliphatic heterocycles. The fraction of sp³-hybridized carbons (Fsp3) is 0.154. The van der Waals surface area contributed by atoms with Crippen molar-refractivity contribution in [3.05, 3.63) is 65.1 Å². The zero-order valence-electron chi connectivity index (χ0n) is 9.78. The molecule has 4 nitrogen and oxygen atoms in total. The first kappa shape index (κ1) is 14.5. The summed E-state index contributed by atoms with van der Waals surface area (Å²) in [5.41, 5.74) is 1.74. The molecule has 0 aliphatic carbocycles. The van der Waals surface area contributed by atoms with Gasteiger partial charge in [-0.05, 0) is 23.8 Å². The molecule has 0 fully saturated rings. The maximum Gasteiger partial charge on any atom is 0.0734 e. The minimum Gasteiger partial charge on any atom is -0.733 e. The van der Waals surface area contributed by atoms with Gasteiger partial charge in [0.25, 0.3) is 0 Å². The molecule has 0 spiro atoms. The van der Waals surface area contributed by atoms with Crippen molar-refractivity contribution in [2.75, 3.05) is 5.23 Å². The average Bonchev–Trinajstić information content (AvgIpc) is 2.46. The molecule has 1 heterocycles. The fourth-order valence-electron chi connectivity index (χ4n) is 1.74. The van der Waals surface area contributed by atoms with Crippen LogP contribution in [0.2, 0.25) is 0 Å². The Hall–Kier alpha value is -0.950. The van der Waals surface area contributed by atoms with E-state index < -0.39 is 0 Å². The van der Waals surface area contributed by atoms with Gasteiger partial charge in [0.15, 0.2) is 0 Å². The number of pyridine rings is 1. The van der Waals surface area contributed by atoms with Crippen LogP contribution >= 0.6 is 31.9 Å². The molecule has 0 unspecified atom stereocenters. The van der Waals surface area contributed by atoms with E-state index in [9.17, 15) is 5.21 Å². The Labute approximate surface area is 127 Å². The lowest BCUT2D eigenvalue weighted by molar-refractivity contribution is 0.295. The third kappa shape index (κ3) is 3.33. The van der Waals surface area contributed by atoms with Crippen LogP contribution in [0.3, 0.4) is 0 Å². The van der Waals surface area contributed by atoms with Crippen LogP contribution in [0.25, 0.3) is 0 Å². The third-order valence-corrected chi connectivity index (χ3v) is 5.40. The topological polar surface area (TPSA) is 59.4 Å². The van der Waals surface area contributed by atoms with Crippen LogP contribution in [0.15, 0.2) is 48.7 Å². The first-order valence-electron chi connectivity index (χ1n) is 5.55. The molecular formula is C13H11Br2N2O2-. The molecule has 6 heteroatoms. The van der Waals surface area contributed by atoms with E-state index in [0.717, 1.165) is 5.69 Å². The second-order valence-electron chi connectivity index (χ2n) is 3.89. The number of hydrogen-bond acceptors (Lipinski definition) is 4. The highest BCUT2D eigenvalue weighted by Crippen LogP contribution is 2.44.